The fourth-order valence-corrected chi connectivity index (χ4v) is 0.642. The Morgan fingerprint density at radius 3 is 0.941 bits per heavy atom. The molecule has 0 N–H and O–H groups in total. The quantitative estimate of drug-likeness (QED) is 0.412. The van der Waals surface area contributed by atoms with Crippen LogP contribution in [-0.4, -0.2) is 10.3 Å². The summed E-state index contributed by atoms with van der Waals surface area (Å²) < 4.78 is 0. The summed E-state index contributed by atoms with van der Waals surface area (Å²) in [6, 6.07) is 20.0. The van der Waals surface area contributed by atoms with Crippen LogP contribution in [0.25, 0.3) is 10.8 Å². The van der Waals surface area contributed by atoms with Crippen LogP contribution in [0, 0.1) is 0 Å². The molecule has 0 bridgehead atoms. The Morgan fingerprint density at radius 2 is 0.882 bits per heavy atom. The van der Waals surface area contributed by atoms with Crippen LogP contribution in [0.2, 0.25) is 0 Å². The van der Waals surface area contributed by atoms with Gasteiger partial charge >= 0.3 is 26.2 Å². The molecule has 0 aromatic heterocycles. The zero-order valence-electron chi connectivity index (χ0n) is 8.98. The molecular weight excluding hydrogens is 328 g/mol. The van der Waals surface area contributed by atoms with Crippen molar-refractivity contribution in [3.63, 3.8) is 0 Å². The first-order valence-electron chi connectivity index (χ1n) is 4.19. The maximum Gasteiger partial charge on any atom is 4.00 e. The Labute approximate surface area is 132 Å². The summed E-state index contributed by atoms with van der Waals surface area (Å²) in [6.07, 6.45) is 0. The van der Waals surface area contributed by atoms with Crippen LogP contribution in [0.3, 0.4) is 0 Å². The van der Waals surface area contributed by atoms with Crippen molar-refractivity contribution in [2.24, 2.45) is 0 Å². The van der Waals surface area contributed by atoms with Gasteiger partial charge in [0.2, 0.25) is 0 Å². The van der Waals surface area contributed by atoms with Gasteiger partial charge in [-0.05, 0) is 0 Å². The molecule has 2 aromatic rings. The first-order chi connectivity index (χ1) is 7.83. The van der Waals surface area contributed by atoms with Gasteiger partial charge in [0, 0.05) is 0 Å². The molecule has 0 saturated heterocycles. The number of nitrogens with zero attached hydrogens (tertiary/aromatic N) is 2. The van der Waals surface area contributed by atoms with Crippen LogP contribution >= 0.6 is 24.4 Å². The van der Waals surface area contributed by atoms with Gasteiger partial charge in [-0.15, -0.1) is 0 Å². The zero-order chi connectivity index (χ0) is 12.5. The van der Waals surface area contributed by atoms with E-state index in [1.165, 1.54) is 10.3 Å². The Hall–Kier alpha value is -0.817. The van der Waals surface area contributed by atoms with Crippen molar-refractivity contribution in [3.05, 3.63) is 71.5 Å². The molecule has 0 heterocycles. The van der Waals surface area contributed by atoms with Gasteiger partial charge in [0.15, 0.2) is 0 Å². The first-order valence-corrected chi connectivity index (χ1v) is 5.01. The van der Waals surface area contributed by atoms with Crippen molar-refractivity contribution in [2.45, 2.75) is 0 Å². The topological polar surface area (TPSA) is 44.6 Å². The van der Waals surface area contributed by atoms with E-state index in [9.17, 15) is 0 Å². The van der Waals surface area contributed by atoms with Gasteiger partial charge in [0.25, 0.3) is 0 Å². The number of isothiocyanates is 2. The summed E-state index contributed by atoms with van der Waals surface area (Å²) in [4.78, 5) is 0. The third-order valence-corrected chi connectivity index (χ3v) is 1.11. The van der Waals surface area contributed by atoms with E-state index >= 15 is 0 Å². The maximum absolute atomic E-state index is 7.13. The van der Waals surface area contributed by atoms with E-state index in [2.05, 4.69) is 24.4 Å². The van der Waals surface area contributed by atoms with E-state index in [0.29, 0.717) is 0 Å². The predicted molar refractivity (Wildman–Crippen MR) is 76.0 cm³/mol. The number of hydrogen-bond donors (Lipinski definition) is 0. The minimum atomic E-state index is 0. The van der Waals surface area contributed by atoms with Crippen LogP contribution < -0.4 is 0 Å². The Morgan fingerprint density at radius 1 is 0.706 bits per heavy atom. The molecule has 2 rings (SSSR count). The van der Waals surface area contributed by atoms with Gasteiger partial charge < -0.3 is 10.8 Å². The molecule has 2 aromatic carbocycles. The first kappa shape index (κ1) is 21.5. The second-order valence-electron chi connectivity index (χ2n) is 2.11. The second-order valence-corrected chi connectivity index (χ2v) is 2.47. The standard InChI is InChI=1S/2C5H5.2CNS.Zr/c2*1-2-4-5-3-1;2*2-1-3;/h2*1-5H;;;/q4*-1;+4. The van der Waals surface area contributed by atoms with Crippen molar-refractivity contribution in [1.82, 2.24) is 0 Å². The fraction of sp³-hybridized carbons (Fsp3) is 0. The van der Waals surface area contributed by atoms with Crippen LogP contribution in [0.15, 0.2) is 60.7 Å². The SMILES string of the molecule is [N-]=C=S.[N-]=C=S.[Zr+4].c1cc[cH-]c1.c1cc[cH-]c1. The number of hydrogen-bond acceptors (Lipinski definition) is 2. The summed E-state index contributed by atoms with van der Waals surface area (Å²) in [6.45, 7) is 0. The average Bonchev–Trinajstić information content (AvgIpc) is 3.00. The average molecular weight is 338 g/mol. The summed E-state index contributed by atoms with van der Waals surface area (Å²) in [5.74, 6) is 0. The second kappa shape index (κ2) is 24.4. The molecule has 0 radical (unpaired) electrons. The van der Waals surface area contributed by atoms with E-state index in [1.54, 1.807) is 0 Å². The summed E-state index contributed by atoms with van der Waals surface area (Å²) in [7, 11) is 0. The van der Waals surface area contributed by atoms with E-state index < -0.39 is 0 Å². The zero-order valence-corrected chi connectivity index (χ0v) is 13.1. The normalized spacial score (nSPS) is 5.65. The Kier molecular flexibility index (Phi) is 30.8. The summed E-state index contributed by atoms with van der Waals surface area (Å²) in [5, 5.41) is 16.9. The van der Waals surface area contributed by atoms with Crippen molar-refractivity contribution >= 4 is 34.8 Å². The molecule has 0 aliphatic rings. The van der Waals surface area contributed by atoms with E-state index in [0.717, 1.165) is 0 Å². The molecule has 0 atom stereocenters. The van der Waals surface area contributed by atoms with Gasteiger partial charge in [-0.25, -0.2) is 24.3 Å². The predicted octanol–water partition coefficient (Wildman–Crippen LogP) is 4.13. The molecule has 0 aliphatic heterocycles. The smallest absolute Gasteiger partial charge is 0.753 e. The molecule has 84 valence electrons. The van der Waals surface area contributed by atoms with Crippen molar-refractivity contribution in [1.29, 1.82) is 0 Å². The molecule has 0 spiro atoms. The third-order valence-electron chi connectivity index (χ3n) is 1.11. The molecule has 17 heavy (non-hydrogen) atoms. The van der Waals surface area contributed by atoms with Gasteiger partial charge in [-0.2, -0.15) is 46.7 Å². The Balaban J connectivity index is -0.000000157. The fourth-order valence-electron chi connectivity index (χ4n) is 0.642. The van der Waals surface area contributed by atoms with Gasteiger partial charge in [-0.1, -0.05) is 24.4 Å². The molecule has 2 nitrogen and oxygen atoms in total. The molecule has 0 unspecified atom stereocenters. The van der Waals surface area contributed by atoms with Crippen LogP contribution in [0.4, 0.5) is 0 Å². The molecule has 0 aliphatic carbocycles. The monoisotopic (exact) mass is 336 g/mol. The summed E-state index contributed by atoms with van der Waals surface area (Å²) in [5.41, 5.74) is 0. The van der Waals surface area contributed by atoms with E-state index in [1.807, 2.05) is 60.7 Å². The van der Waals surface area contributed by atoms with E-state index in [-0.39, 0.29) is 26.2 Å². The Bertz CT molecular complexity index is 284. The third kappa shape index (κ3) is 31.3. The van der Waals surface area contributed by atoms with E-state index in [4.69, 9.17) is 10.8 Å². The molecular formula is C12H10N2S2Zr. The van der Waals surface area contributed by atoms with Crippen molar-refractivity contribution in [2.75, 3.05) is 0 Å². The van der Waals surface area contributed by atoms with Crippen LogP contribution in [0.5, 0.6) is 0 Å². The minimum absolute atomic E-state index is 0. The molecule has 0 amide bonds. The van der Waals surface area contributed by atoms with Gasteiger partial charge in [-0.3, -0.25) is 0 Å². The molecule has 5 heteroatoms. The van der Waals surface area contributed by atoms with Gasteiger partial charge in [0.1, 0.15) is 0 Å². The maximum atomic E-state index is 7.13. The van der Waals surface area contributed by atoms with Gasteiger partial charge in [0.05, 0.1) is 0 Å². The molecule has 0 saturated carbocycles. The van der Waals surface area contributed by atoms with Crippen LogP contribution in [0.1, 0.15) is 0 Å². The summed E-state index contributed by atoms with van der Waals surface area (Å²) >= 11 is 7.40. The van der Waals surface area contributed by atoms with Crippen molar-refractivity contribution in [3.8, 4) is 0 Å². The van der Waals surface area contributed by atoms with Crippen molar-refractivity contribution < 1.29 is 26.2 Å². The number of thiocarbonyl (C=S) groups is 2. The van der Waals surface area contributed by atoms with Crippen LogP contribution in [-0.2, 0) is 26.2 Å². The molecule has 0 fully saturated rings. The largest absolute Gasteiger partial charge is 4.00 e. The minimum Gasteiger partial charge on any atom is -0.753 e. The number of rotatable bonds is 0.